The van der Waals surface area contributed by atoms with E-state index < -0.39 is 23.8 Å². The second-order valence-electron chi connectivity index (χ2n) is 19.8. The number of rotatable bonds is 16. The molecule has 0 radical (unpaired) electrons. The van der Waals surface area contributed by atoms with Crippen LogP contribution in [0.1, 0.15) is 114 Å². The average Bonchev–Trinajstić information content (AvgIpc) is 3.34. The van der Waals surface area contributed by atoms with Gasteiger partial charge in [0.05, 0.1) is 17.9 Å². The third-order valence-corrected chi connectivity index (χ3v) is 14.2. The number of hydrogen-bond donors (Lipinski definition) is 3. The lowest BCUT2D eigenvalue weighted by Crippen LogP contribution is -2.43. The van der Waals surface area contributed by atoms with E-state index >= 15 is 0 Å². The first-order valence-electron chi connectivity index (χ1n) is 25.1. The van der Waals surface area contributed by atoms with E-state index in [1.807, 2.05) is 0 Å². The predicted molar refractivity (Wildman–Crippen MR) is 284 cm³/mol. The molecule has 0 spiro atoms. The molecule has 9 heteroatoms. The van der Waals surface area contributed by atoms with Gasteiger partial charge in [-0.2, -0.15) is 0 Å². The van der Waals surface area contributed by atoms with Gasteiger partial charge in [0, 0.05) is 45.3 Å². The van der Waals surface area contributed by atoms with E-state index in [0.29, 0.717) is 12.8 Å². The molecule has 2 fully saturated rings. The van der Waals surface area contributed by atoms with Crippen LogP contribution in [0.15, 0.2) is 121 Å². The number of ether oxygens (including phenoxy) is 3. The monoisotopic (exact) mass is 940 g/mol. The van der Waals surface area contributed by atoms with Crippen molar-refractivity contribution in [2.75, 3.05) is 29.2 Å². The van der Waals surface area contributed by atoms with Crippen LogP contribution in [0.5, 0.6) is 0 Å². The Morgan fingerprint density at radius 3 is 1.61 bits per heavy atom. The summed E-state index contributed by atoms with van der Waals surface area (Å²) < 4.78 is 17.0. The number of carbonyl (C=O) groups is 3. The van der Waals surface area contributed by atoms with Crippen molar-refractivity contribution in [3.63, 3.8) is 0 Å². The van der Waals surface area contributed by atoms with E-state index in [1.165, 1.54) is 50.1 Å². The van der Waals surface area contributed by atoms with Crippen LogP contribution >= 0.6 is 0 Å². The van der Waals surface area contributed by atoms with E-state index in [4.69, 9.17) is 14.2 Å². The number of carbonyl (C=O) groups excluding carboxylic acids is 3. The molecule has 2 saturated carbocycles. The molecule has 0 amide bonds. The zero-order valence-electron chi connectivity index (χ0n) is 42.0. The lowest BCUT2D eigenvalue weighted by atomic mass is 9.79. The smallest absolute Gasteiger partial charge is 0.333 e. The van der Waals surface area contributed by atoms with Gasteiger partial charge in [-0.25, -0.2) is 4.79 Å². The van der Waals surface area contributed by atoms with Gasteiger partial charge in [-0.3, -0.25) is 9.59 Å². The maximum Gasteiger partial charge on any atom is 0.333 e. The van der Waals surface area contributed by atoms with Crippen molar-refractivity contribution >= 4 is 57.1 Å². The molecule has 4 unspecified atom stereocenters. The zero-order valence-corrected chi connectivity index (χ0v) is 42.0. The lowest BCUT2D eigenvalue weighted by molar-refractivity contribution is -0.168. The fourth-order valence-corrected chi connectivity index (χ4v) is 10.9. The molecule has 4 atom stereocenters. The molecule has 9 nitrogen and oxygen atoms in total. The summed E-state index contributed by atoms with van der Waals surface area (Å²) >= 11 is 0. The van der Waals surface area contributed by atoms with Gasteiger partial charge in [0.2, 0.25) is 0 Å². The number of aryl methyl sites for hydroxylation is 6. The zero-order chi connectivity index (χ0) is 49.5. The molecule has 8 rings (SSSR count). The van der Waals surface area contributed by atoms with E-state index in [1.54, 1.807) is 6.92 Å². The lowest BCUT2D eigenvalue weighted by Gasteiger charge is -2.35. The van der Waals surface area contributed by atoms with Gasteiger partial charge in [0.25, 0.3) is 0 Å². The highest BCUT2D eigenvalue weighted by atomic mass is 16.6. The Bertz CT molecular complexity index is 2720. The molecule has 6 aromatic rings. The van der Waals surface area contributed by atoms with Gasteiger partial charge >= 0.3 is 17.9 Å². The van der Waals surface area contributed by atoms with Crippen molar-refractivity contribution < 1.29 is 28.6 Å². The highest BCUT2D eigenvalue weighted by molar-refractivity contribution is 5.97. The Labute approximate surface area is 414 Å². The largest absolute Gasteiger partial charge is 0.462 e. The maximum atomic E-state index is 14.0. The summed E-state index contributed by atoms with van der Waals surface area (Å²) in [6, 6.07) is 39.5. The van der Waals surface area contributed by atoms with Crippen molar-refractivity contribution in [3.8, 4) is 0 Å². The highest BCUT2D eigenvalue weighted by Gasteiger charge is 2.40. The van der Waals surface area contributed by atoms with Gasteiger partial charge in [-0.1, -0.05) is 116 Å². The summed E-state index contributed by atoms with van der Waals surface area (Å²) in [5.41, 5.74) is 16.5. The van der Waals surface area contributed by atoms with Gasteiger partial charge in [-0.15, -0.1) is 0 Å². The van der Waals surface area contributed by atoms with Crippen LogP contribution in [0.4, 0.5) is 28.4 Å². The quantitative estimate of drug-likeness (QED) is 0.0287. The van der Waals surface area contributed by atoms with Crippen molar-refractivity contribution in [1.29, 1.82) is 0 Å². The molecule has 0 heterocycles. The first-order chi connectivity index (χ1) is 33.7. The van der Waals surface area contributed by atoms with Gasteiger partial charge in [-0.05, 0) is 155 Å². The van der Waals surface area contributed by atoms with Crippen LogP contribution in [-0.4, -0.2) is 43.3 Å². The van der Waals surface area contributed by atoms with Gasteiger partial charge in [0.1, 0.15) is 19.3 Å². The van der Waals surface area contributed by atoms with Crippen molar-refractivity contribution in [2.24, 2.45) is 11.8 Å². The molecule has 0 aromatic heterocycles. The van der Waals surface area contributed by atoms with Crippen LogP contribution < -0.4 is 16.0 Å². The Morgan fingerprint density at radius 1 is 0.586 bits per heavy atom. The molecule has 0 bridgehead atoms. The summed E-state index contributed by atoms with van der Waals surface area (Å²) in [5.74, 6) is -2.58. The minimum absolute atomic E-state index is 0.0658. The van der Waals surface area contributed by atoms with Gasteiger partial charge in [0.15, 0.2) is 0 Å². The first-order valence-corrected chi connectivity index (χ1v) is 25.1. The molecular formula is C61H69N3O6. The third-order valence-electron chi connectivity index (χ3n) is 14.2. The summed E-state index contributed by atoms with van der Waals surface area (Å²) in [4.78, 5) is 39.1. The molecule has 6 aromatic carbocycles. The van der Waals surface area contributed by atoms with E-state index in [9.17, 15) is 14.4 Å². The molecule has 364 valence electrons. The Kier molecular flexibility index (Phi) is 15.8. The molecule has 3 N–H and O–H groups in total. The predicted octanol–water partition coefficient (Wildman–Crippen LogP) is 14.1. The number of anilines is 5. The molecule has 0 saturated heterocycles. The fourth-order valence-electron chi connectivity index (χ4n) is 10.9. The molecule has 2 aliphatic carbocycles. The fraction of sp³-hybridized carbons (Fsp3) is 0.361. The van der Waals surface area contributed by atoms with Crippen LogP contribution in [0, 0.1) is 53.4 Å². The van der Waals surface area contributed by atoms with Crippen LogP contribution in [-0.2, 0) is 28.6 Å². The molecular weight excluding hydrogens is 871 g/mol. The molecule has 70 heavy (non-hydrogen) atoms. The molecule has 0 aliphatic heterocycles. The van der Waals surface area contributed by atoms with E-state index in [2.05, 4.69) is 173 Å². The summed E-state index contributed by atoms with van der Waals surface area (Å²) in [5, 5.41) is 13.5. The second-order valence-corrected chi connectivity index (χ2v) is 19.8. The van der Waals surface area contributed by atoms with Crippen LogP contribution in [0.3, 0.4) is 0 Å². The number of nitrogens with one attached hydrogen (secondary N) is 3. The maximum absolute atomic E-state index is 14.0. The van der Waals surface area contributed by atoms with Crippen molar-refractivity contribution in [2.45, 2.75) is 118 Å². The topological polar surface area (TPSA) is 115 Å². The Hall–Kier alpha value is -6.87. The summed E-state index contributed by atoms with van der Waals surface area (Å²) in [6.07, 6.45) is 5.99. The van der Waals surface area contributed by atoms with E-state index in [-0.39, 0.29) is 42.8 Å². The standard InChI is InChI=1S/C61H69N3O6/c1-37(2)59(65)68-31-32-69-60(66)51-17-11-12-18-52(51)61(67)70-55-20-14-13-19-54(55)64-53-30-29-50(48-15-9-10-16-49(48)53)56(44-21-25-46(26-22-44)62-57-40(5)33-38(3)34-41(57)6)45-23-27-47(28-24-45)63-58-42(7)35-39(4)36-43(58)8/h9-10,15-16,21-30,33-36,51-52,54-56,62-64H,1,11-14,17-20,31-32H2,2-8H3. The summed E-state index contributed by atoms with van der Waals surface area (Å²) in [7, 11) is 0. The first kappa shape index (κ1) is 49.5. The SMILES string of the molecule is C=C(C)C(=O)OCCOC(=O)C1CCCCC1C(=O)OC1CCCCC1Nc1ccc(C(c2ccc(Nc3c(C)cc(C)cc3C)cc2)c2ccc(Nc3c(C)cc(C)cc3C)cc2)c2ccccc12. The highest BCUT2D eigenvalue weighted by Crippen LogP contribution is 2.41. The molecule has 2 aliphatic rings. The average molecular weight is 940 g/mol. The van der Waals surface area contributed by atoms with Crippen molar-refractivity contribution in [3.05, 3.63) is 171 Å². The number of benzene rings is 6. The second kappa shape index (κ2) is 22.3. The summed E-state index contributed by atoms with van der Waals surface area (Å²) in [6.45, 7) is 17.9. The third kappa shape index (κ3) is 11.6. The normalized spacial score (nSPS) is 17.9. The number of esters is 3. The number of hydrogen-bond acceptors (Lipinski definition) is 9. The van der Waals surface area contributed by atoms with Crippen molar-refractivity contribution in [1.82, 2.24) is 0 Å². The minimum Gasteiger partial charge on any atom is -0.462 e. The Morgan fingerprint density at radius 2 is 1.07 bits per heavy atom. The van der Waals surface area contributed by atoms with Crippen LogP contribution in [0.2, 0.25) is 0 Å². The minimum atomic E-state index is -0.597. The van der Waals surface area contributed by atoms with Crippen LogP contribution in [0.25, 0.3) is 10.8 Å². The van der Waals surface area contributed by atoms with E-state index in [0.717, 1.165) is 77.7 Å². The van der Waals surface area contributed by atoms with Gasteiger partial charge < -0.3 is 30.2 Å². The number of fused-ring (bicyclic) bond motifs is 1. The Balaban J connectivity index is 1.06.